The van der Waals surface area contributed by atoms with E-state index < -0.39 is 18.6 Å². The smallest absolute Gasteiger partial charge is 0.343 e. The third kappa shape index (κ3) is 6.85. The lowest BCUT2D eigenvalue weighted by molar-refractivity contribution is -0.123. The van der Waals surface area contributed by atoms with Crippen LogP contribution in [0.1, 0.15) is 27.0 Å². The van der Waals surface area contributed by atoms with Gasteiger partial charge >= 0.3 is 6.18 Å². The first-order valence-electron chi connectivity index (χ1n) is 10.0. The van der Waals surface area contributed by atoms with Gasteiger partial charge in [-0.05, 0) is 61.7 Å². The van der Waals surface area contributed by atoms with Crippen molar-refractivity contribution < 1.29 is 22.8 Å². The van der Waals surface area contributed by atoms with Crippen LogP contribution >= 0.6 is 11.8 Å². The number of thioether (sulfide) groups is 1. The third-order valence-electron chi connectivity index (χ3n) is 4.65. The number of nitrogens with zero attached hydrogens (tertiary/aromatic N) is 2. The molecule has 1 heterocycles. The topological polar surface area (TPSA) is 76.0 Å². The number of hydrogen-bond donors (Lipinski definition) is 2. The van der Waals surface area contributed by atoms with Gasteiger partial charge in [0.25, 0.3) is 5.91 Å². The van der Waals surface area contributed by atoms with Gasteiger partial charge in [0.2, 0.25) is 5.91 Å². The van der Waals surface area contributed by atoms with Crippen molar-refractivity contribution in [3.05, 3.63) is 71.0 Å². The zero-order valence-electron chi connectivity index (χ0n) is 18.3. The fraction of sp³-hybridized carbons (Fsp3) is 0.261. The molecule has 0 bridgehead atoms. The van der Waals surface area contributed by atoms with E-state index in [1.807, 2.05) is 42.1 Å². The minimum Gasteiger partial charge on any atom is -0.343 e. The highest BCUT2D eigenvalue weighted by Gasteiger charge is 2.28. The second kappa shape index (κ2) is 10.1. The van der Waals surface area contributed by atoms with E-state index in [0.29, 0.717) is 16.4 Å². The van der Waals surface area contributed by atoms with Crippen molar-refractivity contribution in [2.24, 2.45) is 0 Å². The number of halogens is 3. The number of imidazole rings is 1. The van der Waals surface area contributed by atoms with Crippen LogP contribution in [0.15, 0.2) is 53.9 Å². The van der Waals surface area contributed by atoms with E-state index in [1.165, 1.54) is 23.9 Å². The molecule has 33 heavy (non-hydrogen) atoms. The van der Waals surface area contributed by atoms with Crippen LogP contribution in [-0.4, -0.2) is 39.8 Å². The maximum Gasteiger partial charge on any atom is 0.405 e. The van der Waals surface area contributed by atoms with Gasteiger partial charge in [0.15, 0.2) is 5.16 Å². The summed E-state index contributed by atoms with van der Waals surface area (Å²) in [7, 11) is 0. The van der Waals surface area contributed by atoms with Crippen LogP contribution in [0.3, 0.4) is 0 Å². The fourth-order valence-corrected chi connectivity index (χ4v) is 3.95. The molecule has 1 aromatic heterocycles. The van der Waals surface area contributed by atoms with Crippen LogP contribution in [0, 0.1) is 20.8 Å². The van der Waals surface area contributed by atoms with Gasteiger partial charge in [0, 0.05) is 29.3 Å². The lowest BCUT2D eigenvalue weighted by Crippen LogP contribution is -2.33. The zero-order valence-corrected chi connectivity index (χ0v) is 19.1. The monoisotopic (exact) mass is 476 g/mol. The van der Waals surface area contributed by atoms with Gasteiger partial charge in [-0.25, -0.2) is 4.98 Å². The first-order chi connectivity index (χ1) is 15.5. The van der Waals surface area contributed by atoms with Gasteiger partial charge in [0.05, 0.1) is 5.75 Å². The highest BCUT2D eigenvalue weighted by Crippen LogP contribution is 2.23. The molecular weight excluding hydrogens is 453 g/mol. The molecule has 2 amide bonds. The summed E-state index contributed by atoms with van der Waals surface area (Å²) in [5.74, 6) is -1.13. The van der Waals surface area contributed by atoms with E-state index in [-0.39, 0.29) is 17.2 Å². The molecular formula is C23H23F3N4O2S. The molecule has 0 aliphatic carbocycles. The summed E-state index contributed by atoms with van der Waals surface area (Å²) in [6, 6.07) is 10.5. The molecule has 3 aromatic rings. The summed E-state index contributed by atoms with van der Waals surface area (Å²) in [6.45, 7) is 4.32. The van der Waals surface area contributed by atoms with Crippen LogP contribution < -0.4 is 10.6 Å². The molecule has 2 aromatic carbocycles. The average molecular weight is 477 g/mol. The molecule has 0 atom stereocenters. The number of benzene rings is 2. The molecule has 0 radical (unpaired) electrons. The number of nitrogens with one attached hydrogen (secondary N) is 2. The Bertz CT molecular complexity index is 1150. The second-order valence-electron chi connectivity index (χ2n) is 7.59. The van der Waals surface area contributed by atoms with Crippen molar-refractivity contribution in [1.82, 2.24) is 14.9 Å². The maximum absolute atomic E-state index is 12.5. The second-order valence-corrected chi connectivity index (χ2v) is 8.53. The van der Waals surface area contributed by atoms with Crippen LogP contribution in [0.4, 0.5) is 18.9 Å². The Hall–Kier alpha value is -3.27. The number of aromatic nitrogens is 2. The van der Waals surface area contributed by atoms with Crippen molar-refractivity contribution >= 4 is 29.3 Å². The highest BCUT2D eigenvalue weighted by atomic mass is 32.2. The van der Waals surface area contributed by atoms with Gasteiger partial charge in [-0.1, -0.05) is 23.9 Å². The number of carbonyl (C=O) groups excluding carboxylic acids is 2. The van der Waals surface area contributed by atoms with Crippen molar-refractivity contribution in [3.63, 3.8) is 0 Å². The molecule has 0 spiro atoms. The Morgan fingerprint density at radius 3 is 2.42 bits per heavy atom. The number of alkyl halides is 3. The SMILES string of the molecule is Cc1cc(C)cc(-n2ccnc2SCC(=O)Nc2cc(C(=O)NCC(F)(F)F)ccc2C)c1. The maximum atomic E-state index is 12.5. The minimum absolute atomic E-state index is 0.0261. The first kappa shape index (κ1) is 24.4. The summed E-state index contributed by atoms with van der Waals surface area (Å²) < 4.78 is 38.9. The lowest BCUT2D eigenvalue weighted by atomic mass is 10.1. The quantitative estimate of drug-likeness (QED) is 0.480. The number of anilines is 1. The Balaban J connectivity index is 1.65. The van der Waals surface area contributed by atoms with Gasteiger partial charge in [-0.3, -0.25) is 14.2 Å². The van der Waals surface area contributed by atoms with Crippen molar-refractivity contribution in [1.29, 1.82) is 0 Å². The molecule has 0 aliphatic rings. The average Bonchev–Trinajstić information content (AvgIpc) is 3.19. The van der Waals surface area contributed by atoms with Crippen LogP contribution in [0.25, 0.3) is 5.69 Å². The van der Waals surface area contributed by atoms with Crippen molar-refractivity contribution in [3.8, 4) is 5.69 Å². The standard InChI is InChI=1S/C23H23F3N4O2S/c1-14-8-15(2)10-18(9-14)30-7-6-27-22(30)33-12-20(31)29-19-11-17(5-4-16(19)3)21(32)28-13-23(24,25)26/h4-11H,12-13H2,1-3H3,(H,28,32)(H,29,31). The molecule has 0 aliphatic heterocycles. The van der Waals surface area contributed by atoms with E-state index in [4.69, 9.17) is 0 Å². The zero-order chi connectivity index (χ0) is 24.2. The molecule has 10 heteroatoms. The predicted molar refractivity (Wildman–Crippen MR) is 122 cm³/mol. The molecule has 3 rings (SSSR count). The van der Waals surface area contributed by atoms with Gasteiger partial charge < -0.3 is 10.6 Å². The van der Waals surface area contributed by atoms with E-state index >= 15 is 0 Å². The van der Waals surface area contributed by atoms with Crippen LogP contribution in [0.5, 0.6) is 0 Å². The molecule has 174 valence electrons. The van der Waals surface area contributed by atoms with E-state index in [1.54, 1.807) is 19.2 Å². The summed E-state index contributed by atoms with van der Waals surface area (Å²) in [6.07, 6.45) is -1.02. The normalized spacial score (nSPS) is 11.3. The number of hydrogen-bond acceptors (Lipinski definition) is 4. The lowest BCUT2D eigenvalue weighted by Gasteiger charge is -2.12. The third-order valence-corrected chi connectivity index (χ3v) is 5.61. The van der Waals surface area contributed by atoms with Gasteiger partial charge in [0.1, 0.15) is 6.54 Å². The minimum atomic E-state index is -4.50. The number of amides is 2. The number of aryl methyl sites for hydroxylation is 3. The van der Waals surface area contributed by atoms with E-state index in [2.05, 4.69) is 16.4 Å². The summed E-state index contributed by atoms with van der Waals surface area (Å²) in [4.78, 5) is 28.9. The Morgan fingerprint density at radius 1 is 1.06 bits per heavy atom. The molecule has 0 saturated heterocycles. The van der Waals surface area contributed by atoms with Crippen molar-refractivity contribution in [2.75, 3.05) is 17.6 Å². The Kier molecular flexibility index (Phi) is 7.47. The van der Waals surface area contributed by atoms with Crippen molar-refractivity contribution in [2.45, 2.75) is 32.1 Å². The molecule has 6 nitrogen and oxygen atoms in total. The summed E-state index contributed by atoms with van der Waals surface area (Å²) in [5, 5.41) is 5.18. The van der Waals surface area contributed by atoms with E-state index in [9.17, 15) is 22.8 Å². The Morgan fingerprint density at radius 2 is 1.76 bits per heavy atom. The molecule has 0 unspecified atom stereocenters. The molecule has 0 saturated carbocycles. The number of rotatable bonds is 7. The van der Waals surface area contributed by atoms with Crippen LogP contribution in [-0.2, 0) is 4.79 Å². The molecule has 2 N–H and O–H groups in total. The molecule has 0 fully saturated rings. The van der Waals surface area contributed by atoms with Crippen LogP contribution in [0.2, 0.25) is 0 Å². The summed E-state index contributed by atoms with van der Waals surface area (Å²) in [5.41, 5.74) is 4.24. The summed E-state index contributed by atoms with van der Waals surface area (Å²) >= 11 is 1.25. The first-order valence-corrected chi connectivity index (χ1v) is 11.0. The fourth-order valence-electron chi connectivity index (χ4n) is 3.18. The van der Waals surface area contributed by atoms with Gasteiger partial charge in [-0.2, -0.15) is 13.2 Å². The largest absolute Gasteiger partial charge is 0.405 e. The van der Waals surface area contributed by atoms with Gasteiger partial charge in [-0.15, -0.1) is 0 Å². The highest BCUT2D eigenvalue weighted by molar-refractivity contribution is 7.99. The van der Waals surface area contributed by atoms with E-state index in [0.717, 1.165) is 16.8 Å². The predicted octanol–water partition coefficient (Wildman–Crippen LogP) is 4.82. The Labute approximate surface area is 193 Å². The number of carbonyl (C=O) groups is 2.